The molecule has 0 spiro atoms. The zero-order valence-electron chi connectivity index (χ0n) is 15.6. The van der Waals surface area contributed by atoms with Crippen molar-refractivity contribution >= 4 is 15.9 Å². The first-order valence-electron chi connectivity index (χ1n) is 8.79. The molecule has 0 radical (unpaired) electrons. The summed E-state index contributed by atoms with van der Waals surface area (Å²) in [5.41, 5.74) is -1.02. The quantitative estimate of drug-likeness (QED) is 0.738. The van der Waals surface area contributed by atoms with Crippen LogP contribution in [-0.4, -0.2) is 49.7 Å². The molecule has 0 saturated carbocycles. The molecule has 28 heavy (non-hydrogen) atoms. The van der Waals surface area contributed by atoms with Gasteiger partial charge in [0.05, 0.1) is 22.9 Å². The summed E-state index contributed by atoms with van der Waals surface area (Å²) in [7, 11) is -2.47. The van der Waals surface area contributed by atoms with Gasteiger partial charge in [0.2, 0.25) is 15.9 Å². The number of hydrogen-bond donors (Lipinski definition) is 0. The summed E-state index contributed by atoms with van der Waals surface area (Å²) in [4.78, 5) is 13.6. The summed E-state index contributed by atoms with van der Waals surface area (Å²) in [5.74, 6) is -0.530. The summed E-state index contributed by atoms with van der Waals surface area (Å²) in [6, 6.07) is 5.41. The van der Waals surface area contributed by atoms with Crippen LogP contribution in [0.4, 0.5) is 13.2 Å². The van der Waals surface area contributed by atoms with E-state index >= 15 is 0 Å². The number of piperidine rings is 1. The first-order valence-corrected chi connectivity index (χ1v) is 10.2. The van der Waals surface area contributed by atoms with Crippen LogP contribution in [0.15, 0.2) is 29.2 Å². The van der Waals surface area contributed by atoms with Gasteiger partial charge in [-0.05, 0) is 38.0 Å². The molecular weight excluding hydrogens is 395 g/mol. The second-order valence-electron chi connectivity index (χ2n) is 6.86. The Hall–Kier alpha value is -2.12. The minimum absolute atomic E-state index is 0.0510. The SMILES string of the molecule is CC(CC#N)N(C)C(=O)C1CCN(S(=O)(=O)c2cccc(C(F)(F)F)c2)CC1. The Balaban J connectivity index is 2.08. The molecule has 1 atom stereocenters. The second kappa shape index (κ2) is 8.49. The number of rotatable bonds is 5. The molecule has 6 nitrogen and oxygen atoms in total. The standard InChI is InChI=1S/C18H22F3N3O3S/c1-13(6-9-22)23(2)17(25)14-7-10-24(11-8-14)28(26,27)16-5-3-4-15(12-16)18(19,20)21/h3-5,12-14H,6-8,10-11H2,1-2H3. The molecule has 1 aromatic carbocycles. The average molecular weight is 417 g/mol. The van der Waals surface area contributed by atoms with Crippen LogP contribution in [0.1, 0.15) is 31.7 Å². The van der Waals surface area contributed by atoms with Gasteiger partial charge in [0.15, 0.2) is 0 Å². The van der Waals surface area contributed by atoms with E-state index in [0.29, 0.717) is 6.07 Å². The molecule has 1 amide bonds. The molecule has 0 bridgehead atoms. The number of alkyl halides is 3. The van der Waals surface area contributed by atoms with Crippen LogP contribution in [-0.2, 0) is 21.0 Å². The number of sulfonamides is 1. The van der Waals surface area contributed by atoms with E-state index in [9.17, 15) is 26.4 Å². The van der Waals surface area contributed by atoms with Gasteiger partial charge in [-0.25, -0.2) is 8.42 Å². The fourth-order valence-corrected chi connectivity index (χ4v) is 4.62. The molecular formula is C18H22F3N3O3S. The maximum Gasteiger partial charge on any atom is 0.416 e. The van der Waals surface area contributed by atoms with Gasteiger partial charge in [0.1, 0.15) is 0 Å². The number of carbonyl (C=O) groups is 1. The third kappa shape index (κ3) is 4.83. The highest BCUT2D eigenvalue weighted by molar-refractivity contribution is 7.89. The normalized spacial score (nSPS) is 17.7. The minimum Gasteiger partial charge on any atom is -0.342 e. The van der Waals surface area contributed by atoms with E-state index in [1.54, 1.807) is 14.0 Å². The van der Waals surface area contributed by atoms with Gasteiger partial charge in [-0.15, -0.1) is 0 Å². The minimum atomic E-state index is -4.63. The molecule has 1 heterocycles. The molecule has 0 N–H and O–H groups in total. The lowest BCUT2D eigenvalue weighted by Crippen LogP contribution is -2.45. The van der Waals surface area contributed by atoms with E-state index in [0.717, 1.165) is 22.5 Å². The molecule has 10 heteroatoms. The molecule has 1 saturated heterocycles. The van der Waals surface area contributed by atoms with Gasteiger partial charge in [0, 0.05) is 32.1 Å². The lowest BCUT2D eigenvalue weighted by molar-refractivity contribution is -0.138. The molecule has 0 aliphatic carbocycles. The van der Waals surface area contributed by atoms with Gasteiger partial charge in [-0.2, -0.15) is 22.7 Å². The van der Waals surface area contributed by atoms with Crippen molar-refractivity contribution in [1.82, 2.24) is 9.21 Å². The van der Waals surface area contributed by atoms with Gasteiger partial charge in [-0.1, -0.05) is 6.07 Å². The Kier molecular flexibility index (Phi) is 6.72. The van der Waals surface area contributed by atoms with Crippen LogP contribution >= 0.6 is 0 Å². The number of halogens is 3. The van der Waals surface area contributed by atoms with Crippen molar-refractivity contribution < 1.29 is 26.4 Å². The molecule has 1 aliphatic heterocycles. The third-order valence-corrected chi connectivity index (χ3v) is 6.89. The van der Waals surface area contributed by atoms with Crippen molar-refractivity contribution in [3.63, 3.8) is 0 Å². The molecule has 1 aliphatic rings. The molecule has 1 unspecified atom stereocenters. The van der Waals surface area contributed by atoms with Crippen LogP contribution < -0.4 is 0 Å². The predicted octanol–water partition coefficient (Wildman–Crippen LogP) is 2.87. The number of benzene rings is 1. The Morgan fingerprint density at radius 3 is 2.50 bits per heavy atom. The predicted molar refractivity (Wildman–Crippen MR) is 95.4 cm³/mol. The molecule has 0 aromatic heterocycles. The lowest BCUT2D eigenvalue weighted by Gasteiger charge is -2.34. The maximum atomic E-state index is 12.9. The molecule has 1 fully saturated rings. The summed E-state index contributed by atoms with van der Waals surface area (Å²) >= 11 is 0. The largest absolute Gasteiger partial charge is 0.416 e. The zero-order valence-corrected chi connectivity index (χ0v) is 16.4. The monoisotopic (exact) mass is 417 g/mol. The van der Waals surface area contributed by atoms with Crippen molar-refractivity contribution in [1.29, 1.82) is 5.26 Å². The highest BCUT2D eigenvalue weighted by atomic mass is 32.2. The lowest BCUT2D eigenvalue weighted by atomic mass is 9.96. The fraction of sp³-hybridized carbons (Fsp3) is 0.556. The molecule has 154 valence electrons. The van der Waals surface area contributed by atoms with Crippen LogP contribution in [0.3, 0.4) is 0 Å². The van der Waals surface area contributed by atoms with Crippen molar-refractivity contribution in [2.24, 2.45) is 5.92 Å². The molecule has 2 rings (SSSR count). The van der Waals surface area contributed by atoms with E-state index in [4.69, 9.17) is 5.26 Å². The Morgan fingerprint density at radius 2 is 1.96 bits per heavy atom. The summed E-state index contributed by atoms with van der Waals surface area (Å²) in [5, 5.41) is 8.75. The van der Waals surface area contributed by atoms with E-state index < -0.39 is 26.7 Å². The van der Waals surface area contributed by atoms with Gasteiger partial charge >= 0.3 is 6.18 Å². The number of hydrogen-bond acceptors (Lipinski definition) is 4. The van der Waals surface area contributed by atoms with Crippen LogP contribution in [0.2, 0.25) is 0 Å². The summed E-state index contributed by atoms with van der Waals surface area (Å²) in [6.07, 6.45) is -3.87. The highest BCUT2D eigenvalue weighted by Crippen LogP contribution is 2.32. The summed E-state index contributed by atoms with van der Waals surface area (Å²) < 4.78 is 65.1. The van der Waals surface area contributed by atoms with Gasteiger partial charge in [0.25, 0.3) is 0 Å². The van der Waals surface area contributed by atoms with Crippen molar-refractivity contribution in [2.75, 3.05) is 20.1 Å². The fourth-order valence-electron chi connectivity index (χ4n) is 3.10. The topological polar surface area (TPSA) is 81.5 Å². The summed E-state index contributed by atoms with van der Waals surface area (Å²) in [6.45, 7) is 1.86. The van der Waals surface area contributed by atoms with E-state index in [2.05, 4.69) is 0 Å². The molecule has 1 aromatic rings. The Morgan fingerprint density at radius 1 is 1.36 bits per heavy atom. The number of nitrogens with zero attached hydrogens (tertiary/aromatic N) is 3. The number of nitriles is 1. The Bertz CT molecular complexity index is 857. The van der Waals surface area contributed by atoms with Crippen molar-refractivity contribution in [2.45, 2.75) is 43.3 Å². The van der Waals surface area contributed by atoms with Crippen molar-refractivity contribution in [3.05, 3.63) is 29.8 Å². The number of carbonyl (C=O) groups excluding carboxylic acids is 1. The van der Waals surface area contributed by atoms with Gasteiger partial charge in [-0.3, -0.25) is 4.79 Å². The maximum absolute atomic E-state index is 12.9. The van der Waals surface area contributed by atoms with E-state index in [1.807, 2.05) is 6.07 Å². The first-order chi connectivity index (χ1) is 13.0. The smallest absolute Gasteiger partial charge is 0.342 e. The average Bonchev–Trinajstić information content (AvgIpc) is 2.66. The highest BCUT2D eigenvalue weighted by Gasteiger charge is 2.36. The third-order valence-electron chi connectivity index (χ3n) is 5.00. The van der Waals surface area contributed by atoms with E-state index in [-0.39, 0.29) is 50.2 Å². The van der Waals surface area contributed by atoms with Crippen LogP contribution in [0.5, 0.6) is 0 Å². The van der Waals surface area contributed by atoms with E-state index in [1.165, 1.54) is 4.90 Å². The van der Waals surface area contributed by atoms with Crippen molar-refractivity contribution in [3.8, 4) is 6.07 Å². The van der Waals surface area contributed by atoms with Crippen LogP contribution in [0, 0.1) is 17.2 Å². The van der Waals surface area contributed by atoms with Gasteiger partial charge < -0.3 is 4.90 Å². The second-order valence-corrected chi connectivity index (χ2v) is 8.80. The Labute approximate surface area is 162 Å². The zero-order chi connectivity index (χ0) is 21.1. The number of amides is 1. The first kappa shape index (κ1) is 22.2. The van der Waals surface area contributed by atoms with Crippen LogP contribution in [0.25, 0.3) is 0 Å².